The van der Waals surface area contributed by atoms with Crippen LogP contribution in [0.5, 0.6) is 5.75 Å². The predicted octanol–water partition coefficient (Wildman–Crippen LogP) is 4.17. The molecule has 0 spiro atoms. The maximum atomic E-state index is 13.0. The van der Waals surface area contributed by atoms with E-state index in [0.29, 0.717) is 36.0 Å². The molecule has 132 valence electrons. The van der Waals surface area contributed by atoms with Gasteiger partial charge in [0.1, 0.15) is 12.4 Å². The summed E-state index contributed by atoms with van der Waals surface area (Å²) in [5.41, 5.74) is 1.45. The average Bonchev–Trinajstić information content (AvgIpc) is 2.60. The van der Waals surface area contributed by atoms with Crippen LogP contribution in [0.4, 0.5) is 0 Å². The lowest BCUT2D eigenvalue weighted by molar-refractivity contribution is -0.0586. The van der Waals surface area contributed by atoms with Gasteiger partial charge in [-0.05, 0) is 32.0 Å². The van der Waals surface area contributed by atoms with Crippen LogP contribution >= 0.6 is 11.6 Å². The summed E-state index contributed by atoms with van der Waals surface area (Å²) < 4.78 is 11.6. The lowest BCUT2D eigenvalue weighted by atomic mass is 10.1. The number of hydrogen-bond donors (Lipinski definition) is 0. The molecule has 4 nitrogen and oxygen atoms in total. The molecule has 0 aromatic heterocycles. The SMILES string of the molecule is C[C@@H]1CN(C(=O)c2ccccc2OCc2ccccc2Cl)C[C@@H](C)O1. The second-order valence-electron chi connectivity index (χ2n) is 6.34. The molecule has 2 atom stereocenters. The van der Waals surface area contributed by atoms with E-state index in [1.807, 2.05) is 61.2 Å². The first-order valence-electron chi connectivity index (χ1n) is 8.44. The van der Waals surface area contributed by atoms with Gasteiger partial charge in [-0.2, -0.15) is 0 Å². The van der Waals surface area contributed by atoms with Gasteiger partial charge in [-0.1, -0.05) is 41.9 Å². The Hall–Kier alpha value is -2.04. The third-order valence-electron chi connectivity index (χ3n) is 4.17. The normalized spacial score (nSPS) is 20.4. The Kier molecular flexibility index (Phi) is 5.61. The molecule has 1 aliphatic rings. The zero-order valence-electron chi connectivity index (χ0n) is 14.4. The van der Waals surface area contributed by atoms with Crippen LogP contribution in [0, 0.1) is 0 Å². The molecule has 2 aromatic rings. The molecule has 25 heavy (non-hydrogen) atoms. The lowest BCUT2D eigenvalue weighted by Crippen LogP contribution is -2.48. The molecule has 0 bridgehead atoms. The van der Waals surface area contributed by atoms with Crippen molar-refractivity contribution < 1.29 is 14.3 Å². The highest BCUT2D eigenvalue weighted by Crippen LogP contribution is 2.24. The fourth-order valence-corrected chi connectivity index (χ4v) is 3.24. The van der Waals surface area contributed by atoms with Gasteiger partial charge in [-0.3, -0.25) is 4.79 Å². The molecule has 1 heterocycles. The zero-order valence-corrected chi connectivity index (χ0v) is 15.2. The van der Waals surface area contributed by atoms with E-state index in [9.17, 15) is 4.79 Å². The highest BCUT2D eigenvalue weighted by molar-refractivity contribution is 6.31. The topological polar surface area (TPSA) is 38.8 Å². The molecule has 0 radical (unpaired) electrons. The molecule has 0 N–H and O–H groups in total. The van der Waals surface area contributed by atoms with Gasteiger partial charge in [0.2, 0.25) is 0 Å². The number of hydrogen-bond acceptors (Lipinski definition) is 3. The van der Waals surface area contributed by atoms with Gasteiger partial charge in [-0.25, -0.2) is 0 Å². The van der Waals surface area contributed by atoms with Crippen molar-refractivity contribution in [2.75, 3.05) is 13.1 Å². The fourth-order valence-electron chi connectivity index (χ4n) is 3.05. The maximum absolute atomic E-state index is 13.0. The number of amides is 1. The third-order valence-corrected chi connectivity index (χ3v) is 4.53. The minimum atomic E-state index is -0.0308. The van der Waals surface area contributed by atoms with E-state index in [2.05, 4.69) is 0 Å². The van der Waals surface area contributed by atoms with Crippen molar-refractivity contribution in [3.05, 3.63) is 64.7 Å². The van der Waals surface area contributed by atoms with Gasteiger partial charge >= 0.3 is 0 Å². The standard InChI is InChI=1S/C20H22ClNO3/c1-14-11-22(12-15(2)25-14)20(23)17-8-4-6-10-19(17)24-13-16-7-3-5-9-18(16)21/h3-10,14-15H,11-13H2,1-2H3/t14-,15-/m1/s1. The number of rotatable bonds is 4. The van der Waals surface area contributed by atoms with Crippen molar-refractivity contribution in [2.45, 2.75) is 32.7 Å². The summed E-state index contributed by atoms with van der Waals surface area (Å²) in [5, 5.41) is 0.655. The molecule has 1 aliphatic heterocycles. The van der Waals surface area contributed by atoms with E-state index in [1.165, 1.54) is 0 Å². The Morgan fingerprint density at radius 1 is 1.12 bits per heavy atom. The molecule has 0 saturated carbocycles. The first-order valence-corrected chi connectivity index (χ1v) is 8.82. The summed E-state index contributed by atoms with van der Waals surface area (Å²) >= 11 is 6.18. The summed E-state index contributed by atoms with van der Waals surface area (Å²) in [6, 6.07) is 14.9. The van der Waals surface area contributed by atoms with Crippen LogP contribution in [0.15, 0.2) is 48.5 Å². The Bertz CT molecular complexity index is 739. The molecular weight excluding hydrogens is 338 g/mol. The van der Waals surface area contributed by atoms with Crippen molar-refractivity contribution in [3.63, 3.8) is 0 Å². The summed E-state index contributed by atoms with van der Waals surface area (Å²) in [5.74, 6) is 0.538. The van der Waals surface area contributed by atoms with Gasteiger partial charge in [0.15, 0.2) is 0 Å². The first-order chi connectivity index (χ1) is 12.0. The quantitative estimate of drug-likeness (QED) is 0.822. The summed E-state index contributed by atoms with van der Waals surface area (Å²) in [4.78, 5) is 14.8. The monoisotopic (exact) mass is 359 g/mol. The van der Waals surface area contributed by atoms with E-state index in [1.54, 1.807) is 6.07 Å². The van der Waals surface area contributed by atoms with Gasteiger partial charge in [0.25, 0.3) is 5.91 Å². The Labute approximate surface area is 153 Å². The van der Waals surface area contributed by atoms with E-state index in [4.69, 9.17) is 21.1 Å². The highest BCUT2D eigenvalue weighted by atomic mass is 35.5. The van der Waals surface area contributed by atoms with Crippen LogP contribution in [0.25, 0.3) is 0 Å². The maximum Gasteiger partial charge on any atom is 0.257 e. The second kappa shape index (κ2) is 7.89. The smallest absolute Gasteiger partial charge is 0.257 e. The molecule has 1 fully saturated rings. The van der Waals surface area contributed by atoms with E-state index in [-0.39, 0.29) is 18.1 Å². The zero-order chi connectivity index (χ0) is 17.8. The van der Waals surface area contributed by atoms with Crippen LogP contribution in [0.3, 0.4) is 0 Å². The molecule has 3 rings (SSSR count). The number of carbonyl (C=O) groups excluding carboxylic acids is 1. The summed E-state index contributed by atoms with van der Waals surface area (Å²) in [7, 11) is 0. The van der Waals surface area contributed by atoms with Crippen LogP contribution in [0.1, 0.15) is 29.8 Å². The number of ether oxygens (including phenoxy) is 2. The van der Waals surface area contributed by atoms with Crippen LogP contribution < -0.4 is 4.74 Å². The lowest BCUT2D eigenvalue weighted by Gasteiger charge is -2.35. The summed E-state index contributed by atoms with van der Waals surface area (Å²) in [6.07, 6.45) is 0.0628. The highest BCUT2D eigenvalue weighted by Gasteiger charge is 2.28. The third kappa shape index (κ3) is 4.33. The van der Waals surface area contributed by atoms with Gasteiger partial charge in [-0.15, -0.1) is 0 Å². The van der Waals surface area contributed by atoms with E-state index < -0.39 is 0 Å². The molecule has 0 unspecified atom stereocenters. The van der Waals surface area contributed by atoms with Crippen molar-refractivity contribution in [1.82, 2.24) is 4.90 Å². The Morgan fingerprint density at radius 3 is 2.48 bits per heavy atom. The van der Waals surface area contributed by atoms with Crippen molar-refractivity contribution >= 4 is 17.5 Å². The molecule has 0 aliphatic carbocycles. The molecule has 1 saturated heterocycles. The molecule has 2 aromatic carbocycles. The van der Waals surface area contributed by atoms with Crippen LogP contribution in [-0.2, 0) is 11.3 Å². The predicted molar refractivity (Wildman–Crippen MR) is 98.1 cm³/mol. The van der Waals surface area contributed by atoms with Gasteiger partial charge in [0.05, 0.1) is 17.8 Å². The second-order valence-corrected chi connectivity index (χ2v) is 6.75. The number of para-hydroxylation sites is 1. The van der Waals surface area contributed by atoms with E-state index >= 15 is 0 Å². The minimum absolute atomic E-state index is 0.0308. The van der Waals surface area contributed by atoms with Crippen molar-refractivity contribution in [1.29, 1.82) is 0 Å². The van der Waals surface area contributed by atoms with Gasteiger partial charge < -0.3 is 14.4 Å². The van der Waals surface area contributed by atoms with Crippen molar-refractivity contribution in [2.24, 2.45) is 0 Å². The number of halogens is 1. The first kappa shape index (κ1) is 17.8. The fraction of sp³-hybridized carbons (Fsp3) is 0.350. The van der Waals surface area contributed by atoms with Crippen molar-refractivity contribution in [3.8, 4) is 5.75 Å². The Balaban J connectivity index is 1.76. The number of carbonyl (C=O) groups is 1. The molecular formula is C20H22ClNO3. The number of benzene rings is 2. The molecule has 1 amide bonds. The minimum Gasteiger partial charge on any atom is -0.488 e. The van der Waals surface area contributed by atoms with E-state index in [0.717, 1.165) is 5.56 Å². The average molecular weight is 360 g/mol. The van der Waals surface area contributed by atoms with Crippen LogP contribution in [0.2, 0.25) is 5.02 Å². The number of nitrogens with zero attached hydrogens (tertiary/aromatic N) is 1. The Morgan fingerprint density at radius 2 is 1.76 bits per heavy atom. The van der Waals surface area contributed by atoms with Gasteiger partial charge in [0, 0.05) is 23.7 Å². The largest absolute Gasteiger partial charge is 0.488 e. The number of morpholine rings is 1. The summed E-state index contributed by atoms with van der Waals surface area (Å²) in [6.45, 7) is 5.45. The molecule has 5 heteroatoms. The van der Waals surface area contributed by atoms with Crippen LogP contribution in [-0.4, -0.2) is 36.1 Å².